The van der Waals surface area contributed by atoms with Crippen molar-refractivity contribution in [3.63, 3.8) is 0 Å². The number of sulfone groups is 1. The van der Waals surface area contributed by atoms with E-state index in [0.29, 0.717) is 24.6 Å². The number of ether oxygens (including phenoxy) is 1. The summed E-state index contributed by atoms with van der Waals surface area (Å²) >= 11 is 0. The molecule has 8 heteroatoms. The van der Waals surface area contributed by atoms with Gasteiger partial charge in [-0.05, 0) is 48.9 Å². The van der Waals surface area contributed by atoms with Gasteiger partial charge in [-0.1, -0.05) is 12.1 Å². The molecular formula is C21H23FN2O4S. The van der Waals surface area contributed by atoms with E-state index >= 15 is 0 Å². The van der Waals surface area contributed by atoms with Gasteiger partial charge in [0.2, 0.25) is 5.91 Å². The average molecular weight is 418 g/mol. The zero-order valence-corrected chi connectivity index (χ0v) is 16.9. The van der Waals surface area contributed by atoms with Crippen LogP contribution >= 0.6 is 0 Å². The summed E-state index contributed by atoms with van der Waals surface area (Å²) in [6, 6.07) is 12.5. The second-order valence-electron chi connectivity index (χ2n) is 7.43. The molecule has 2 aromatic rings. The highest BCUT2D eigenvalue weighted by atomic mass is 32.2. The maximum atomic E-state index is 13.2. The zero-order chi connectivity index (χ0) is 20.6. The SMILES string of the molecule is CCOc1ccc(N2C(=O)CN(Cc3ccc(F)cc3)C3CS(=O)(=O)CC32)cc1. The molecule has 2 aliphatic heterocycles. The molecule has 154 valence electrons. The van der Waals surface area contributed by atoms with Crippen molar-refractivity contribution in [1.29, 1.82) is 0 Å². The van der Waals surface area contributed by atoms with Crippen LogP contribution in [0.3, 0.4) is 0 Å². The van der Waals surface area contributed by atoms with Crippen LogP contribution in [0.15, 0.2) is 48.5 Å². The highest BCUT2D eigenvalue weighted by Crippen LogP contribution is 2.33. The van der Waals surface area contributed by atoms with E-state index in [4.69, 9.17) is 4.74 Å². The van der Waals surface area contributed by atoms with Gasteiger partial charge in [-0.15, -0.1) is 0 Å². The first kappa shape index (κ1) is 19.8. The van der Waals surface area contributed by atoms with E-state index in [-0.39, 0.29) is 35.8 Å². The third-order valence-electron chi connectivity index (χ3n) is 5.43. The normalized spacial score (nSPS) is 23.8. The number of piperazine rings is 1. The fourth-order valence-corrected chi connectivity index (χ4v) is 6.14. The van der Waals surface area contributed by atoms with Crippen LogP contribution in [0, 0.1) is 5.82 Å². The number of hydrogen-bond donors (Lipinski definition) is 0. The maximum absolute atomic E-state index is 13.2. The van der Waals surface area contributed by atoms with Crippen molar-refractivity contribution in [3.8, 4) is 5.75 Å². The lowest BCUT2D eigenvalue weighted by Crippen LogP contribution is -2.61. The summed E-state index contributed by atoms with van der Waals surface area (Å²) in [5, 5.41) is 0. The van der Waals surface area contributed by atoms with Crippen molar-refractivity contribution >= 4 is 21.4 Å². The minimum Gasteiger partial charge on any atom is -0.494 e. The first-order valence-corrected chi connectivity index (χ1v) is 11.4. The lowest BCUT2D eigenvalue weighted by molar-refractivity contribution is -0.123. The molecule has 6 nitrogen and oxygen atoms in total. The first-order chi connectivity index (χ1) is 13.9. The highest BCUT2D eigenvalue weighted by molar-refractivity contribution is 7.91. The first-order valence-electron chi connectivity index (χ1n) is 9.60. The number of carbonyl (C=O) groups excluding carboxylic acids is 1. The van der Waals surface area contributed by atoms with Crippen LogP contribution in [0.4, 0.5) is 10.1 Å². The number of carbonyl (C=O) groups is 1. The predicted molar refractivity (Wildman–Crippen MR) is 108 cm³/mol. The van der Waals surface area contributed by atoms with E-state index in [1.54, 1.807) is 41.3 Å². The molecule has 0 saturated carbocycles. The van der Waals surface area contributed by atoms with E-state index in [2.05, 4.69) is 0 Å². The topological polar surface area (TPSA) is 66.9 Å². The summed E-state index contributed by atoms with van der Waals surface area (Å²) in [5.41, 5.74) is 1.52. The molecule has 0 aromatic heterocycles. The number of anilines is 1. The molecule has 2 aliphatic rings. The Labute approximate surface area is 169 Å². The van der Waals surface area contributed by atoms with Gasteiger partial charge in [0.15, 0.2) is 9.84 Å². The highest BCUT2D eigenvalue weighted by Gasteiger charge is 2.49. The number of amides is 1. The lowest BCUT2D eigenvalue weighted by atomic mass is 10.0. The van der Waals surface area contributed by atoms with Gasteiger partial charge < -0.3 is 9.64 Å². The third-order valence-corrected chi connectivity index (χ3v) is 7.12. The monoisotopic (exact) mass is 418 g/mol. The summed E-state index contributed by atoms with van der Waals surface area (Å²) in [5.74, 6) is 0.186. The summed E-state index contributed by atoms with van der Waals surface area (Å²) in [6.07, 6.45) is 0. The van der Waals surface area contributed by atoms with Gasteiger partial charge in [-0.2, -0.15) is 0 Å². The van der Waals surface area contributed by atoms with Crippen LogP contribution in [0.25, 0.3) is 0 Å². The van der Waals surface area contributed by atoms with Gasteiger partial charge in [0, 0.05) is 18.3 Å². The second kappa shape index (κ2) is 7.76. The van der Waals surface area contributed by atoms with Gasteiger partial charge >= 0.3 is 0 Å². The van der Waals surface area contributed by atoms with E-state index in [9.17, 15) is 17.6 Å². The quantitative estimate of drug-likeness (QED) is 0.745. The largest absolute Gasteiger partial charge is 0.494 e. The molecule has 2 atom stereocenters. The Balaban J connectivity index is 1.61. The van der Waals surface area contributed by atoms with Crippen LogP contribution < -0.4 is 9.64 Å². The molecule has 2 saturated heterocycles. The van der Waals surface area contributed by atoms with Gasteiger partial charge in [0.25, 0.3) is 0 Å². The fraction of sp³-hybridized carbons (Fsp3) is 0.381. The Morgan fingerprint density at radius 3 is 2.34 bits per heavy atom. The molecular weight excluding hydrogens is 395 g/mol. The van der Waals surface area contributed by atoms with Crippen molar-refractivity contribution in [3.05, 3.63) is 59.9 Å². The molecule has 0 aliphatic carbocycles. The lowest BCUT2D eigenvalue weighted by Gasteiger charge is -2.43. The minimum absolute atomic E-state index is 0.0136. The van der Waals surface area contributed by atoms with Crippen molar-refractivity contribution in [2.45, 2.75) is 25.6 Å². The van der Waals surface area contributed by atoms with Crippen molar-refractivity contribution < 1.29 is 22.3 Å². The maximum Gasteiger partial charge on any atom is 0.241 e. The molecule has 0 radical (unpaired) electrons. The zero-order valence-electron chi connectivity index (χ0n) is 16.1. The Morgan fingerprint density at radius 2 is 1.69 bits per heavy atom. The molecule has 2 fully saturated rings. The van der Waals surface area contributed by atoms with Crippen molar-refractivity contribution in [1.82, 2.24) is 4.90 Å². The van der Waals surface area contributed by atoms with Gasteiger partial charge in [0.05, 0.1) is 30.7 Å². The molecule has 29 heavy (non-hydrogen) atoms. The summed E-state index contributed by atoms with van der Waals surface area (Å²) in [4.78, 5) is 16.5. The Bertz CT molecular complexity index is 992. The standard InChI is InChI=1S/C21H23FN2O4S/c1-2-28-18-9-7-17(8-10-18)24-20-14-29(26,27)13-19(20)23(12-21(24)25)11-15-3-5-16(22)6-4-15/h3-10,19-20H,2,11-14H2,1H3. The van der Waals surface area contributed by atoms with Crippen LogP contribution in [0.1, 0.15) is 12.5 Å². The molecule has 2 unspecified atom stereocenters. The number of benzene rings is 2. The third kappa shape index (κ3) is 4.13. The second-order valence-corrected chi connectivity index (χ2v) is 9.59. The Morgan fingerprint density at radius 1 is 1.03 bits per heavy atom. The molecule has 2 aromatic carbocycles. The predicted octanol–water partition coefficient (Wildman–Crippen LogP) is 2.24. The van der Waals surface area contributed by atoms with E-state index in [0.717, 1.165) is 5.56 Å². The number of halogens is 1. The van der Waals surface area contributed by atoms with Crippen LogP contribution in [-0.2, 0) is 21.2 Å². The number of hydrogen-bond acceptors (Lipinski definition) is 5. The number of nitrogens with zero attached hydrogens (tertiary/aromatic N) is 2. The Kier molecular flexibility index (Phi) is 5.31. The molecule has 0 N–H and O–H groups in total. The molecule has 0 spiro atoms. The van der Waals surface area contributed by atoms with Gasteiger partial charge in [-0.3, -0.25) is 9.69 Å². The molecule has 4 rings (SSSR count). The molecule has 2 heterocycles. The van der Waals surface area contributed by atoms with Crippen molar-refractivity contribution in [2.75, 3.05) is 29.6 Å². The smallest absolute Gasteiger partial charge is 0.241 e. The van der Waals surface area contributed by atoms with Crippen LogP contribution in [-0.4, -0.2) is 56.0 Å². The average Bonchev–Trinajstić information content (AvgIpc) is 3.00. The molecule has 1 amide bonds. The minimum atomic E-state index is -3.26. The number of rotatable bonds is 5. The van der Waals surface area contributed by atoms with Crippen LogP contribution in [0.2, 0.25) is 0 Å². The van der Waals surface area contributed by atoms with Crippen molar-refractivity contribution in [2.24, 2.45) is 0 Å². The Hall–Kier alpha value is -2.45. The van der Waals surface area contributed by atoms with E-state index in [1.165, 1.54) is 12.1 Å². The molecule has 0 bridgehead atoms. The van der Waals surface area contributed by atoms with Gasteiger partial charge in [0.1, 0.15) is 11.6 Å². The van der Waals surface area contributed by atoms with E-state index in [1.807, 2.05) is 11.8 Å². The summed E-state index contributed by atoms with van der Waals surface area (Å²) < 4.78 is 43.5. The van der Waals surface area contributed by atoms with Gasteiger partial charge in [-0.25, -0.2) is 12.8 Å². The summed E-state index contributed by atoms with van der Waals surface area (Å²) in [6.45, 7) is 2.95. The fourth-order valence-electron chi connectivity index (χ4n) is 4.16. The number of fused-ring (bicyclic) bond motifs is 1. The van der Waals surface area contributed by atoms with Crippen LogP contribution in [0.5, 0.6) is 5.75 Å². The summed E-state index contributed by atoms with van der Waals surface area (Å²) in [7, 11) is -3.26. The van der Waals surface area contributed by atoms with E-state index < -0.39 is 15.9 Å².